The van der Waals surface area contributed by atoms with E-state index in [1.165, 1.54) is 0 Å². The maximum absolute atomic E-state index is 8.56. The Labute approximate surface area is 78.6 Å². The maximum atomic E-state index is 8.56. The third-order valence-electron chi connectivity index (χ3n) is 1.67. The SMILES string of the molecule is C/C=C/C(=C\C#N)c1ccccc1. The van der Waals surface area contributed by atoms with Crippen molar-refractivity contribution >= 4 is 5.57 Å². The molecule has 0 unspecified atom stereocenters. The van der Waals surface area contributed by atoms with Gasteiger partial charge in [0.25, 0.3) is 0 Å². The highest BCUT2D eigenvalue weighted by molar-refractivity contribution is 5.75. The van der Waals surface area contributed by atoms with Gasteiger partial charge in [-0.1, -0.05) is 42.5 Å². The van der Waals surface area contributed by atoms with Crippen molar-refractivity contribution in [3.63, 3.8) is 0 Å². The lowest BCUT2D eigenvalue weighted by atomic mass is 10.1. The van der Waals surface area contributed by atoms with Gasteiger partial charge in [0.1, 0.15) is 0 Å². The molecule has 0 aromatic heterocycles. The highest BCUT2D eigenvalue weighted by atomic mass is 14.2. The maximum Gasteiger partial charge on any atom is 0.0918 e. The number of nitrogens with zero attached hydrogens (tertiary/aromatic N) is 1. The smallest absolute Gasteiger partial charge is 0.0918 e. The first-order valence-electron chi connectivity index (χ1n) is 4.16. The minimum atomic E-state index is 0.950. The summed E-state index contributed by atoms with van der Waals surface area (Å²) in [7, 11) is 0. The molecule has 64 valence electrons. The third-order valence-corrected chi connectivity index (χ3v) is 1.67. The second-order valence-corrected chi connectivity index (χ2v) is 2.59. The quantitative estimate of drug-likeness (QED) is 0.492. The highest BCUT2D eigenvalue weighted by Crippen LogP contribution is 2.14. The Bertz CT molecular complexity index is 352. The molecule has 0 aliphatic heterocycles. The summed E-state index contributed by atoms with van der Waals surface area (Å²) in [5, 5.41) is 8.56. The van der Waals surface area contributed by atoms with Gasteiger partial charge in [-0.2, -0.15) is 5.26 Å². The van der Waals surface area contributed by atoms with Crippen molar-refractivity contribution in [2.45, 2.75) is 6.92 Å². The van der Waals surface area contributed by atoms with Crippen LogP contribution in [0.2, 0.25) is 0 Å². The first kappa shape index (κ1) is 9.28. The first-order valence-corrected chi connectivity index (χ1v) is 4.16. The number of rotatable bonds is 2. The van der Waals surface area contributed by atoms with Crippen molar-refractivity contribution in [1.82, 2.24) is 0 Å². The summed E-state index contributed by atoms with van der Waals surface area (Å²) in [6.07, 6.45) is 5.41. The lowest BCUT2D eigenvalue weighted by molar-refractivity contribution is 1.53. The van der Waals surface area contributed by atoms with Gasteiger partial charge in [-0.25, -0.2) is 0 Å². The van der Waals surface area contributed by atoms with Crippen LogP contribution in [0.4, 0.5) is 0 Å². The van der Waals surface area contributed by atoms with Gasteiger partial charge in [-0.15, -0.1) is 0 Å². The summed E-state index contributed by atoms with van der Waals surface area (Å²) in [5.41, 5.74) is 2.02. The molecule has 1 aromatic carbocycles. The summed E-state index contributed by atoms with van der Waals surface area (Å²) in [6.45, 7) is 1.94. The molecular weight excluding hydrogens is 158 g/mol. The number of hydrogen-bond acceptors (Lipinski definition) is 1. The first-order chi connectivity index (χ1) is 6.38. The fourth-order valence-corrected chi connectivity index (χ4v) is 1.11. The highest BCUT2D eigenvalue weighted by Gasteiger charge is 1.94. The van der Waals surface area contributed by atoms with E-state index in [1.54, 1.807) is 6.08 Å². The van der Waals surface area contributed by atoms with Gasteiger partial charge in [0.2, 0.25) is 0 Å². The number of hydrogen-bond donors (Lipinski definition) is 0. The van der Waals surface area contributed by atoms with Gasteiger partial charge in [-0.3, -0.25) is 0 Å². The van der Waals surface area contributed by atoms with E-state index in [4.69, 9.17) is 5.26 Å². The molecule has 1 rings (SSSR count). The van der Waals surface area contributed by atoms with Crippen LogP contribution in [-0.2, 0) is 0 Å². The Morgan fingerprint density at radius 3 is 2.54 bits per heavy atom. The average Bonchev–Trinajstić information content (AvgIpc) is 2.19. The Morgan fingerprint density at radius 2 is 2.00 bits per heavy atom. The zero-order chi connectivity index (χ0) is 9.52. The van der Waals surface area contributed by atoms with Crippen LogP contribution in [-0.4, -0.2) is 0 Å². The molecule has 0 N–H and O–H groups in total. The molecule has 0 atom stereocenters. The zero-order valence-electron chi connectivity index (χ0n) is 7.57. The molecular formula is C12H11N. The third kappa shape index (κ3) is 2.61. The number of allylic oxidation sites excluding steroid dienone is 4. The van der Waals surface area contributed by atoms with Crippen molar-refractivity contribution in [2.24, 2.45) is 0 Å². The molecule has 1 aromatic rings. The minimum absolute atomic E-state index is 0.950. The fraction of sp³-hybridized carbons (Fsp3) is 0.0833. The number of nitriles is 1. The molecule has 1 nitrogen and oxygen atoms in total. The van der Waals surface area contributed by atoms with E-state index in [0.29, 0.717) is 0 Å². The van der Waals surface area contributed by atoms with Gasteiger partial charge >= 0.3 is 0 Å². The molecule has 0 heterocycles. The summed E-state index contributed by atoms with van der Waals surface area (Å²) in [4.78, 5) is 0. The molecule has 0 amide bonds. The van der Waals surface area contributed by atoms with Gasteiger partial charge in [0.05, 0.1) is 6.07 Å². The van der Waals surface area contributed by atoms with Crippen molar-refractivity contribution in [3.8, 4) is 6.07 Å². The van der Waals surface area contributed by atoms with Gasteiger partial charge in [0, 0.05) is 6.08 Å². The van der Waals surface area contributed by atoms with Crippen molar-refractivity contribution < 1.29 is 0 Å². The number of benzene rings is 1. The largest absolute Gasteiger partial charge is 0.193 e. The average molecular weight is 169 g/mol. The second kappa shape index (κ2) is 4.95. The van der Waals surface area contributed by atoms with Crippen molar-refractivity contribution in [1.29, 1.82) is 5.26 Å². The lowest BCUT2D eigenvalue weighted by Gasteiger charge is -1.98. The predicted octanol–water partition coefficient (Wildman–Crippen LogP) is 3.17. The van der Waals surface area contributed by atoms with Crippen LogP contribution in [0.3, 0.4) is 0 Å². The Balaban J connectivity index is 3.05. The summed E-state index contributed by atoms with van der Waals surface area (Å²) in [5.74, 6) is 0. The summed E-state index contributed by atoms with van der Waals surface area (Å²) < 4.78 is 0. The Kier molecular flexibility index (Phi) is 3.53. The monoisotopic (exact) mass is 169 g/mol. The van der Waals surface area contributed by atoms with Crippen LogP contribution in [0.5, 0.6) is 0 Å². The van der Waals surface area contributed by atoms with Crippen molar-refractivity contribution in [3.05, 3.63) is 54.1 Å². The molecule has 0 bridgehead atoms. The molecule has 0 spiro atoms. The molecule has 0 radical (unpaired) electrons. The standard InChI is InChI=1S/C12H11N/c1-2-6-11(9-10-13)12-7-4-3-5-8-12/h2-9H,1H3/b6-2+,11-9+. The van der Waals surface area contributed by atoms with Crippen LogP contribution >= 0.6 is 0 Å². The second-order valence-electron chi connectivity index (χ2n) is 2.59. The van der Waals surface area contributed by atoms with Gasteiger partial charge < -0.3 is 0 Å². The molecule has 0 aliphatic rings. The van der Waals surface area contributed by atoms with E-state index in [-0.39, 0.29) is 0 Å². The zero-order valence-corrected chi connectivity index (χ0v) is 7.57. The summed E-state index contributed by atoms with van der Waals surface area (Å²) >= 11 is 0. The van der Waals surface area contributed by atoms with E-state index >= 15 is 0 Å². The van der Waals surface area contributed by atoms with Crippen LogP contribution in [0.15, 0.2) is 48.6 Å². The molecule has 0 fully saturated rings. The van der Waals surface area contributed by atoms with Gasteiger partial charge in [0.15, 0.2) is 0 Å². The fourth-order valence-electron chi connectivity index (χ4n) is 1.11. The van der Waals surface area contributed by atoms with E-state index < -0.39 is 0 Å². The minimum Gasteiger partial charge on any atom is -0.193 e. The molecule has 1 heteroatoms. The van der Waals surface area contributed by atoms with E-state index in [0.717, 1.165) is 11.1 Å². The predicted molar refractivity (Wildman–Crippen MR) is 54.8 cm³/mol. The van der Waals surface area contributed by atoms with E-state index in [9.17, 15) is 0 Å². The Hall–Kier alpha value is -1.81. The Morgan fingerprint density at radius 1 is 1.31 bits per heavy atom. The normalized spacial score (nSPS) is 11.5. The van der Waals surface area contributed by atoms with Crippen molar-refractivity contribution in [2.75, 3.05) is 0 Å². The molecule has 0 aliphatic carbocycles. The van der Waals surface area contributed by atoms with Crippen LogP contribution < -0.4 is 0 Å². The topological polar surface area (TPSA) is 23.8 Å². The summed E-state index contributed by atoms with van der Waals surface area (Å²) in [6, 6.07) is 11.9. The van der Waals surface area contributed by atoms with Gasteiger partial charge in [-0.05, 0) is 18.1 Å². The van der Waals surface area contributed by atoms with E-state index in [1.807, 2.05) is 55.5 Å². The van der Waals surface area contributed by atoms with Crippen LogP contribution in [0.1, 0.15) is 12.5 Å². The van der Waals surface area contributed by atoms with Crippen LogP contribution in [0, 0.1) is 11.3 Å². The lowest BCUT2D eigenvalue weighted by Crippen LogP contribution is -1.78. The molecule has 0 saturated heterocycles. The van der Waals surface area contributed by atoms with Crippen LogP contribution in [0.25, 0.3) is 5.57 Å². The molecule has 13 heavy (non-hydrogen) atoms. The molecule has 0 saturated carbocycles. The van der Waals surface area contributed by atoms with E-state index in [2.05, 4.69) is 0 Å².